The van der Waals surface area contributed by atoms with Gasteiger partial charge in [-0.15, -0.1) is 0 Å². The molecule has 0 radical (unpaired) electrons. The molecule has 2 unspecified atom stereocenters. The lowest BCUT2D eigenvalue weighted by Crippen LogP contribution is -2.37. The van der Waals surface area contributed by atoms with Crippen LogP contribution in [0.3, 0.4) is 0 Å². The average molecular weight is 252 g/mol. The van der Waals surface area contributed by atoms with Crippen molar-refractivity contribution >= 4 is 0 Å². The smallest absolute Gasteiger partial charge is 0.123 e. The van der Waals surface area contributed by atoms with Gasteiger partial charge in [0, 0.05) is 18.2 Å². The molecule has 0 aromatic heterocycles. The van der Waals surface area contributed by atoms with Crippen molar-refractivity contribution in [1.29, 1.82) is 0 Å². The lowest BCUT2D eigenvalue weighted by atomic mass is 10.0. The molecular formula is C14H21FN2O. The number of aromatic hydroxyl groups is 1. The summed E-state index contributed by atoms with van der Waals surface area (Å²) in [4.78, 5) is 2.18. The van der Waals surface area contributed by atoms with Gasteiger partial charge in [-0.25, -0.2) is 4.39 Å². The zero-order chi connectivity index (χ0) is 13.1. The fourth-order valence-corrected chi connectivity index (χ4v) is 2.94. The van der Waals surface area contributed by atoms with Crippen LogP contribution in [0.1, 0.15) is 24.8 Å². The molecule has 18 heavy (non-hydrogen) atoms. The molecule has 1 fully saturated rings. The first kappa shape index (κ1) is 13.3. The van der Waals surface area contributed by atoms with Crippen LogP contribution in [0.2, 0.25) is 0 Å². The number of nitrogens with zero attached hydrogens (tertiary/aromatic N) is 1. The van der Waals surface area contributed by atoms with E-state index in [0.717, 1.165) is 6.42 Å². The van der Waals surface area contributed by atoms with Crippen LogP contribution in [0.25, 0.3) is 0 Å². The molecule has 0 bridgehead atoms. The Hall–Kier alpha value is -1.13. The number of phenolic OH excluding ortho intramolecular Hbond substituents is 1. The SMILES string of the molecule is CN(Cc1cc(F)ccc1O)C1CCCC1CN. The van der Waals surface area contributed by atoms with E-state index in [1.54, 1.807) is 0 Å². The molecule has 0 spiro atoms. The van der Waals surface area contributed by atoms with Gasteiger partial charge in [-0.05, 0) is 50.6 Å². The van der Waals surface area contributed by atoms with Gasteiger partial charge in [0.1, 0.15) is 11.6 Å². The Bertz CT molecular complexity index is 411. The Kier molecular flexibility index (Phi) is 4.19. The van der Waals surface area contributed by atoms with Crippen LogP contribution in [0.5, 0.6) is 5.75 Å². The predicted molar refractivity (Wildman–Crippen MR) is 69.7 cm³/mol. The first-order valence-corrected chi connectivity index (χ1v) is 6.49. The van der Waals surface area contributed by atoms with E-state index in [2.05, 4.69) is 4.90 Å². The van der Waals surface area contributed by atoms with Crippen molar-refractivity contribution in [2.45, 2.75) is 31.8 Å². The molecule has 3 nitrogen and oxygen atoms in total. The minimum Gasteiger partial charge on any atom is -0.508 e. The van der Waals surface area contributed by atoms with Crippen LogP contribution >= 0.6 is 0 Å². The van der Waals surface area contributed by atoms with E-state index < -0.39 is 0 Å². The predicted octanol–water partition coefficient (Wildman–Crippen LogP) is 2.09. The van der Waals surface area contributed by atoms with Gasteiger partial charge in [0.05, 0.1) is 0 Å². The third kappa shape index (κ3) is 2.82. The zero-order valence-electron chi connectivity index (χ0n) is 10.8. The van der Waals surface area contributed by atoms with Gasteiger partial charge in [0.25, 0.3) is 0 Å². The van der Waals surface area contributed by atoms with Crippen molar-refractivity contribution in [3.8, 4) is 5.75 Å². The van der Waals surface area contributed by atoms with E-state index in [-0.39, 0.29) is 11.6 Å². The molecule has 1 aromatic carbocycles. The summed E-state index contributed by atoms with van der Waals surface area (Å²) in [5.41, 5.74) is 6.41. The number of hydrogen-bond acceptors (Lipinski definition) is 3. The van der Waals surface area contributed by atoms with Crippen molar-refractivity contribution in [3.05, 3.63) is 29.6 Å². The highest BCUT2D eigenvalue weighted by Crippen LogP contribution is 2.30. The van der Waals surface area contributed by atoms with Gasteiger partial charge < -0.3 is 10.8 Å². The van der Waals surface area contributed by atoms with Gasteiger partial charge in [-0.1, -0.05) is 6.42 Å². The van der Waals surface area contributed by atoms with Crippen molar-refractivity contribution in [2.75, 3.05) is 13.6 Å². The average Bonchev–Trinajstić information content (AvgIpc) is 2.82. The molecule has 0 amide bonds. The van der Waals surface area contributed by atoms with E-state index in [4.69, 9.17) is 5.73 Å². The topological polar surface area (TPSA) is 49.5 Å². The van der Waals surface area contributed by atoms with E-state index in [9.17, 15) is 9.50 Å². The number of rotatable bonds is 4. The standard InChI is InChI=1S/C14H21FN2O/c1-17(13-4-2-3-10(13)8-16)9-11-7-12(15)5-6-14(11)18/h5-7,10,13,18H,2-4,8-9,16H2,1H3. The first-order valence-electron chi connectivity index (χ1n) is 6.49. The largest absolute Gasteiger partial charge is 0.508 e. The second-order valence-electron chi connectivity index (χ2n) is 5.18. The maximum Gasteiger partial charge on any atom is 0.123 e. The highest BCUT2D eigenvalue weighted by atomic mass is 19.1. The number of phenols is 1. The Morgan fingerprint density at radius 2 is 2.22 bits per heavy atom. The van der Waals surface area contributed by atoms with Crippen molar-refractivity contribution in [2.24, 2.45) is 11.7 Å². The highest BCUT2D eigenvalue weighted by molar-refractivity contribution is 5.32. The summed E-state index contributed by atoms with van der Waals surface area (Å²) in [6.07, 6.45) is 3.50. The molecule has 1 aliphatic rings. The summed E-state index contributed by atoms with van der Waals surface area (Å²) >= 11 is 0. The van der Waals surface area contributed by atoms with E-state index >= 15 is 0 Å². The Labute approximate surface area is 107 Å². The normalized spacial score (nSPS) is 23.8. The summed E-state index contributed by atoms with van der Waals surface area (Å²) in [5, 5.41) is 9.73. The molecule has 2 atom stereocenters. The molecule has 1 aromatic rings. The summed E-state index contributed by atoms with van der Waals surface area (Å²) in [6.45, 7) is 1.26. The van der Waals surface area contributed by atoms with Gasteiger partial charge >= 0.3 is 0 Å². The number of benzene rings is 1. The van der Waals surface area contributed by atoms with Crippen molar-refractivity contribution in [1.82, 2.24) is 4.90 Å². The monoisotopic (exact) mass is 252 g/mol. The lowest BCUT2D eigenvalue weighted by Gasteiger charge is -2.29. The maximum atomic E-state index is 13.2. The third-order valence-electron chi connectivity index (χ3n) is 3.95. The molecule has 2 rings (SSSR count). The number of nitrogens with two attached hydrogens (primary N) is 1. The van der Waals surface area contributed by atoms with Crippen LogP contribution < -0.4 is 5.73 Å². The van der Waals surface area contributed by atoms with E-state index in [1.807, 2.05) is 7.05 Å². The van der Waals surface area contributed by atoms with Crippen LogP contribution in [-0.2, 0) is 6.54 Å². The van der Waals surface area contributed by atoms with E-state index in [0.29, 0.717) is 30.6 Å². The van der Waals surface area contributed by atoms with Gasteiger partial charge in [-0.3, -0.25) is 4.90 Å². The molecule has 3 N–H and O–H groups in total. The summed E-state index contributed by atoms with van der Waals surface area (Å²) in [5.74, 6) is 0.370. The van der Waals surface area contributed by atoms with Crippen molar-refractivity contribution < 1.29 is 9.50 Å². The summed E-state index contributed by atoms with van der Waals surface area (Å²) < 4.78 is 13.2. The maximum absolute atomic E-state index is 13.2. The minimum atomic E-state index is -0.307. The summed E-state index contributed by atoms with van der Waals surface area (Å²) in [6, 6.07) is 4.53. The second kappa shape index (κ2) is 5.67. The molecule has 1 aliphatic carbocycles. The molecule has 0 heterocycles. The molecule has 0 aliphatic heterocycles. The fourth-order valence-electron chi connectivity index (χ4n) is 2.94. The Morgan fingerprint density at radius 3 is 2.94 bits per heavy atom. The fraction of sp³-hybridized carbons (Fsp3) is 0.571. The first-order chi connectivity index (χ1) is 8.61. The lowest BCUT2D eigenvalue weighted by molar-refractivity contribution is 0.191. The quantitative estimate of drug-likeness (QED) is 0.862. The number of hydrogen-bond donors (Lipinski definition) is 2. The highest BCUT2D eigenvalue weighted by Gasteiger charge is 2.29. The Balaban J connectivity index is 2.06. The van der Waals surface area contributed by atoms with Crippen LogP contribution in [0, 0.1) is 11.7 Å². The Morgan fingerprint density at radius 1 is 1.44 bits per heavy atom. The third-order valence-corrected chi connectivity index (χ3v) is 3.95. The molecule has 1 saturated carbocycles. The molecular weight excluding hydrogens is 231 g/mol. The van der Waals surface area contributed by atoms with Crippen molar-refractivity contribution in [3.63, 3.8) is 0 Å². The zero-order valence-corrected chi connectivity index (χ0v) is 10.8. The van der Waals surface area contributed by atoms with Crippen LogP contribution in [0.15, 0.2) is 18.2 Å². The minimum absolute atomic E-state index is 0.158. The van der Waals surface area contributed by atoms with Crippen LogP contribution in [0.4, 0.5) is 4.39 Å². The van der Waals surface area contributed by atoms with Gasteiger partial charge in [0.15, 0.2) is 0 Å². The molecule has 100 valence electrons. The van der Waals surface area contributed by atoms with E-state index in [1.165, 1.54) is 31.0 Å². The van der Waals surface area contributed by atoms with Crippen LogP contribution in [-0.4, -0.2) is 29.6 Å². The summed E-state index contributed by atoms with van der Waals surface area (Å²) in [7, 11) is 2.02. The van der Waals surface area contributed by atoms with Gasteiger partial charge in [0.2, 0.25) is 0 Å². The van der Waals surface area contributed by atoms with Gasteiger partial charge in [-0.2, -0.15) is 0 Å². The molecule has 4 heteroatoms. The second-order valence-corrected chi connectivity index (χ2v) is 5.18. The molecule has 0 saturated heterocycles. The number of halogens is 1.